The Morgan fingerprint density at radius 1 is 1.24 bits per heavy atom. The van der Waals surface area contributed by atoms with E-state index in [4.69, 9.17) is 4.43 Å². The van der Waals surface area contributed by atoms with Crippen LogP contribution < -0.4 is 5.32 Å². The molecule has 1 aliphatic heterocycles. The molecule has 0 radical (unpaired) electrons. The Bertz CT molecular complexity index is 513. The van der Waals surface area contributed by atoms with E-state index in [-0.39, 0.29) is 23.0 Å². The van der Waals surface area contributed by atoms with Crippen LogP contribution in [0.15, 0.2) is 18.2 Å². The van der Waals surface area contributed by atoms with E-state index in [1.165, 1.54) is 12.1 Å². The molecule has 2 nitrogen and oxygen atoms in total. The third-order valence-electron chi connectivity index (χ3n) is 4.69. The zero-order chi connectivity index (χ0) is 15.8. The Hall–Kier alpha value is -0.783. The molecule has 0 aromatic heterocycles. The Balaban J connectivity index is 2.06. The summed E-state index contributed by atoms with van der Waals surface area (Å²) in [6.07, 6.45) is 0.755. The van der Waals surface area contributed by atoms with Crippen molar-refractivity contribution in [2.45, 2.75) is 57.5 Å². The van der Waals surface area contributed by atoms with Gasteiger partial charge in [-0.3, -0.25) is 0 Å². The van der Waals surface area contributed by atoms with E-state index in [9.17, 15) is 8.78 Å². The van der Waals surface area contributed by atoms with Crippen LogP contribution in [0.4, 0.5) is 8.78 Å². The van der Waals surface area contributed by atoms with Gasteiger partial charge in [-0.25, -0.2) is 8.78 Å². The van der Waals surface area contributed by atoms with Gasteiger partial charge in [0.2, 0.25) is 0 Å². The molecule has 1 aromatic rings. The van der Waals surface area contributed by atoms with E-state index in [1.54, 1.807) is 0 Å². The van der Waals surface area contributed by atoms with Gasteiger partial charge in [0, 0.05) is 18.2 Å². The van der Waals surface area contributed by atoms with Crippen molar-refractivity contribution in [2.24, 2.45) is 0 Å². The molecule has 1 aromatic carbocycles. The highest BCUT2D eigenvalue weighted by Crippen LogP contribution is 2.39. The zero-order valence-electron chi connectivity index (χ0n) is 13.5. The maximum atomic E-state index is 13.8. The monoisotopic (exact) mass is 313 g/mol. The van der Waals surface area contributed by atoms with Crippen molar-refractivity contribution in [1.82, 2.24) is 5.32 Å². The molecule has 118 valence electrons. The van der Waals surface area contributed by atoms with Crippen LogP contribution in [-0.4, -0.2) is 21.0 Å². The van der Waals surface area contributed by atoms with Crippen molar-refractivity contribution in [2.75, 3.05) is 6.54 Å². The second-order valence-electron chi connectivity index (χ2n) is 7.36. The molecule has 0 bridgehead atoms. The van der Waals surface area contributed by atoms with Crippen molar-refractivity contribution in [1.29, 1.82) is 0 Å². The first-order valence-electron chi connectivity index (χ1n) is 7.46. The topological polar surface area (TPSA) is 21.3 Å². The molecule has 0 aliphatic carbocycles. The molecular weight excluding hydrogens is 288 g/mol. The number of nitrogens with one attached hydrogen (secondary N) is 1. The van der Waals surface area contributed by atoms with E-state index in [0.717, 1.165) is 6.07 Å². The van der Waals surface area contributed by atoms with Crippen LogP contribution in [-0.2, 0) is 4.43 Å². The fourth-order valence-electron chi connectivity index (χ4n) is 2.41. The summed E-state index contributed by atoms with van der Waals surface area (Å²) in [7, 11) is -1.83. The predicted molar refractivity (Wildman–Crippen MR) is 83.8 cm³/mol. The van der Waals surface area contributed by atoms with Crippen LogP contribution in [0.5, 0.6) is 0 Å². The van der Waals surface area contributed by atoms with Crippen LogP contribution in [0, 0.1) is 11.6 Å². The average molecular weight is 313 g/mol. The zero-order valence-corrected chi connectivity index (χ0v) is 14.5. The molecule has 0 saturated carbocycles. The molecule has 21 heavy (non-hydrogen) atoms. The molecule has 1 N–H and O–H groups in total. The second kappa shape index (κ2) is 5.78. The fourth-order valence-corrected chi connectivity index (χ4v) is 3.77. The third kappa shape index (κ3) is 3.70. The Kier molecular flexibility index (Phi) is 4.56. The first-order valence-corrected chi connectivity index (χ1v) is 10.4. The third-order valence-corrected chi connectivity index (χ3v) is 9.23. The molecule has 0 spiro atoms. The number of hydrogen-bond donors (Lipinski definition) is 1. The van der Waals surface area contributed by atoms with Crippen molar-refractivity contribution in [3.63, 3.8) is 0 Å². The van der Waals surface area contributed by atoms with Gasteiger partial charge in [0.25, 0.3) is 0 Å². The highest BCUT2D eigenvalue weighted by atomic mass is 28.4. The average Bonchev–Trinajstić information content (AvgIpc) is 2.78. The van der Waals surface area contributed by atoms with E-state index >= 15 is 0 Å². The molecule has 1 heterocycles. The number of hydrogen-bond acceptors (Lipinski definition) is 2. The molecule has 2 atom stereocenters. The summed E-state index contributed by atoms with van der Waals surface area (Å²) < 4.78 is 33.5. The fraction of sp³-hybridized carbons (Fsp3) is 0.625. The molecule has 1 unspecified atom stereocenters. The molecule has 0 amide bonds. The van der Waals surface area contributed by atoms with Crippen LogP contribution in [0.2, 0.25) is 18.1 Å². The quantitative estimate of drug-likeness (QED) is 0.836. The van der Waals surface area contributed by atoms with Gasteiger partial charge in [0.15, 0.2) is 8.32 Å². The van der Waals surface area contributed by atoms with Gasteiger partial charge < -0.3 is 9.74 Å². The lowest BCUT2D eigenvalue weighted by molar-refractivity contribution is 0.197. The van der Waals surface area contributed by atoms with Gasteiger partial charge in [-0.1, -0.05) is 20.8 Å². The summed E-state index contributed by atoms with van der Waals surface area (Å²) in [5, 5.41) is 3.40. The second-order valence-corrected chi connectivity index (χ2v) is 12.1. The first kappa shape index (κ1) is 16.6. The Morgan fingerprint density at radius 2 is 1.90 bits per heavy atom. The van der Waals surface area contributed by atoms with Gasteiger partial charge in [0.1, 0.15) is 11.6 Å². The van der Waals surface area contributed by atoms with E-state index < -0.39 is 14.1 Å². The Morgan fingerprint density at radius 3 is 2.52 bits per heavy atom. The number of benzene rings is 1. The molecule has 1 aliphatic rings. The minimum absolute atomic E-state index is 0.0681. The molecule has 2 rings (SSSR count). The van der Waals surface area contributed by atoms with Crippen LogP contribution >= 0.6 is 0 Å². The summed E-state index contributed by atoms with van der Waals surface area (Å²) in [5.41, 5.74) is 0.399. The van der Waals surface area contributed by atoms with Gasteiger partial charge in [0.05, 0.1) is 6.10 Å². The minimum Gasteiger partial charge on any atom is -0.413 e. The van der Waals surface area contributed by atoms with Crippen molar-refractivity contribution in [3.8, 4) is 0 Å². The van der Waals surface area contributed by atoms with E-state index in [0.29, 0.717) is 18.5 Å². The smallest absolute Gasteiger partial charge is 0.192 e. The summed E-state index contributed by atoms with van der Waals surface area (Å²) in [6.45, 7) is 11.7. The maximum absolute atomic E-state index is 13.8. The minimum atomic E-state index is -1.83. The van der Waals surface area contributed by atoms with Gasteiger partial charge in [-0.15, -0.1) is 0 Å². The SMILES string of the molecule is CC(C)(C)[Si](C)(C)O[C@H]1CNC(c2cc(F)ccc2F)C1. The molecule has 1 saturated heterocycles. The van der Waals surface area contributed by atoms with Crippen LogP contribution in [0.25, 0.3) is 0 Å². The highest BCUT2D eigenvalue weighted by molar-refractivity contribution is 6.74. The highest BCUT2D eigenvalue weighted by Gasteiger charge is 2.41. The van der Waals surface area contributed by atoms with Gasteiger partial charge in [-0.2, -0.15) is 0 Å². The lowest BCUT2D eigenvalue weighted by Crippen LogP contribution is -2.44. The van der Waals surface area contributed by atoms with Gasteiger partial charge >= 0.3 is 0 Å². The first-order chi connectivity index (χ1) is 9.60. The lowest BCUT2D eigenvalue weighted by Gasteiger charge is -2.38. The number of rotatable bonds is 3. The van der Waals surface area contributed by atoms with Crippen LogP contribution in [0.3, 0.4) is 0 Å². The lowest BCUT2D eigenvalue weighted by atomic mass is 10.0. The summed E-state index contributed by atoms with van der Waals surface area (Å²) in [5.74, 6) is -0.760. The van der Waals surface area contributed by atoms with E-state index in [2.05, 4.69) is 39.2 Å². The van der Waals surface area contributed by atoms with E-state index in [1.807, 2.05) is 0 Å². The number of halogens is 2. The van der Waals surface area contributed by atoms with Crippen LogP contribution in [0.1, 0.15) is 38.8 Å². The maximum Gasteiger partial charge on any atom is 0.192 e. The summed E-state index contributed by atoms with van der Waals surface area (Å²) in [4.78, 5) is 0. The van der Waals surface area contributed by atoms with Crippen molar-refractivity contribution < 1.29 is 13.2 Å². The van der Waals surface area contributed by atoms with Gasteiger partial charge in [-0.05, 0) is 42.8 Å². The molecule has 5 heteroatoms. The Labute approximate surface area is 127 Å². The molecular formula is C16H25F2NOSi. The summed E-state index contributed by atoms with van der Waals surface area (Å²) in [6, 6.07) is 3.45. The normalized spacial score (nSPS) is 23.6. The van der Waals surface area contributed by atoms with Crippen molar-refractivity contribution in [3.05, 3.63) is 35.4 Å². The largest absolute Gasteiger partial charge is 0.413 e. The summed E-state index contributed by atoms with van der Waals surface area (Å²) >= 11 is 0. The predicted octanol–water partition coefficient (Wildman–Crippen LogP) is 4.39. The standard InChI is InChI=1S/C16H25F2NOSi/c1-16(2,3)21(4,5)20-12-9-15(19-10-12)13-8-11(17)6-7-14(13)18/h6-8,12,15,19H,9-10H2,1-5H3/t12-,15?/m1/s1. The molecule has 1 fully saturated rings. The van der Waals surface area contributed by atoms with Crippen molar-refractivity contribution >= 4 is 8.32 Å².